The molecule has 120 valence electrons. The lowest BCUT2D eigenvalue weighted by Crippen LogP contribution is -2.48. The number of amides is 1. The van der Waals surface area contributed by atoms with Crippen molar-refractivity contribution in [1.29, 1.82) is 0 Å². The largest absolute Gasteiger partial charge is 0.379 e. The SMILES string of the molecule is CC(CNC(=O)CNCC1CC1)N1CCOCC1.Cl.Cl. The Balaban J connectivity index is 0.00000180. The van der Waals surface area contributed by atoms with Crippen LogP contribution < -0.4 is 10.6 Å². The average Bonchev–Trinajstić information content (AvgIpc) is 3.21. The number of nitrogens with one attached hydrogen (secondary N) is 2. The van der Waals surface area contributed by atoms with E-state index < -0.39 is 0 Å². The highest BCUT2D eigenvalue weighted by molar-refractivity contribution is 5.85. The molecule has 1 amide bonds. The molecule has 0 spiro atoms. The van der Waals surface area contributed by atoms with Crippen molar-refractivity contribution in [1.82, 2.24) is 15.5 Å². The highest BCUT2D eigenvalue weighted by Gasteiger charge is 2.21. The molecule has 5 nitrogen and oxygen atoms in total. The van der Waals surface area contributed by atoms with E-state index in [4.69, 9.17) is 4.74 Å². The molecule has 2 N–H and O–H groups in total. The van der Waals surface area contributed by atoms with Crippen LogP contribution >= 0.6 is 24.8 Å². The number of rotatable bonds is 7. The van der Waals surface area contributed by atoms with Crippen LogP contribution in [0.3, 0.4) is 0 Å². The van der Waals surface area contributed by atoms with Gasteiger partial charge < -0.3 is 15.4 Å². The summed E-state index contributed by atoms with van der Waals surface area (Å²) in [6.45, 7) is 7.88. The van der Waals surface area contributed by atoms with E-state index in [1.807, 2.05) is 0 Å². The second-order valence-electron chi connectivity index (χ2n) is 5.38. The summed E-state index contributed by atoms with van der Waals surface area (Å²) in [5.41, 5.74) is 0. The second-order valence-corrected chi connectivity index (χ2v) is 5.38. The molecule has 2 aliphatic rings. The summed E-state index contributed by atoms with van der Waals surface area (Å²) in [5, 5.41) is 6.19. The molecule has 7 heteroatoms. The number of halogens is 2. The van der Waals surface area contributed by atoms with Gasteiger partial charge in [-0.25, -0.2) is 0 Å². The summed E-state index contributed by atoms with van der Waals surface area (Å²) < 4.78 is 5.32. The van der Waals surface area contributed by atoms with E-state index in [-0.39, 0.29) is 30.7 Å². The molecule has 1 aliphatic heterocycles. The summed E-state index contributed by atoms with van der Waals surface area (Å²) in [6, 6.07) is 0.390. The zero-order chi connectivity index (χ0) is 12.8. The van der Waals surface area contributed by atoms with Crippen LogP contribution in [0.25, 0.3) is 0 Å². The maximum absolute atomic E-state index is 11.6. The van der Waals surface area contributed by atoms with E-state index in [1.165, 1.54) is 12.8 Å². The van der Waals surface area contributed by atoms with E-state index >= 15 is 0 Å². The molecule has 1 atom stereocenters. The smallest absolute Gasteiger partial charge is 0.234 e. The maximum atomic E-state index is 11.6. The molecule has 2 rings (SSSR count). The normalized spacial score (nSPS) is 20.4. The topological polar surface area (TPSA) is 53.6 Å². The fourth-order valence-electron chi connectivity index (χ4n) is 2.18. The summed E-state index contributed by atoms with van der Waals surface area (Å²) in [4.78, 5) is 14.0. The van der Waals surface area contributed by atoms with Crippen LogP contribution in [0.5, 0.6) is 0 Å². The lowest BCUT2D eigenvalue weighted by atomic mass is 10.2. The molecule has 1 heterocycles. The van der Waals surface area contributed by atoms with Crippen molar-refractivity contribution in [3.8, 4) is 0 Å². The molecule has 0 aromatic carbocycles. The number of hydrogen-bond acceptors (Lipinski definition) is 4. The third-order valence-corrected chi connectivity index (χ3v) is 3.68. The van der Waals surface area contributed by atoms with Gasteiger partial charge in [0.25, 0.3) is 0 Å². The first-order valence-corrected chi connectivity index (χ1v) is 7.05. The zero-order valence-electron chi connectivity index (χ0n) is 12.1. The molecule has 1 saturated heterocycles. The molecule has 2 fully saturated rings. The van der Waals surface area contributed by atoms with Gasteiger partial charge in [0.2, 0.25) is 5.91 Å². The van der Waals surface area contributed by atoms with Gasteiger partial charge >= 0.3 is 0 Å². The Hall–Kier alpha value is -0.0700. The van der Waals surface area contributed by atoms with Crippen molar-refractivity contribution in [2.24, 2.45) is 5.92 Å². The number of nitrogens with zero attached hydrogens (tertiary/aromatic N) is 1. The van der Waals surface area contributed by atoms with Crippen molar-refractivity contribution in [3.05, 3.63) is 0 Å². The van der Waals surface area contributed by atoms with E-state index in [1.54, 1.807) is 0 Å². The predicted octanol–water partition coefficient (Wildman–Crippen LogP) is 0.666. The first kappa shape index (κ1) is 19.9. The van der Waals surface area contributed by atoms with Crippen molar-refractivity contribution >= 4 is 30.7 Å². The van der Waals surface area contributed by atoms with Crippen LogP contribution in [0.2, 0.25) is 0 Å². The van der Waals surface area contributed by atoms with Crippen molar-refractivity contribution < 1.29 is 9.53 Å². The van der Waals surface area contributed by atoms with Crippen LogP contribution in [0.4, 0.5) is 0 Å². The lowest BCUT2D eigenvalue weighted by molar-refractivity contribution is -0.120. The Kier molecular flexibility index (Phi) is 10.6. The lowest BCUT2D eigenvalue weighted by Gasteiger charge is -2.32. The van der Waals surface area contributed by atoms with E-state index in [0.717, 1.165) is 45.3 Å². The molecule has 1 aliphatic carbocycles. The molecule has 20 heavy (non-hydrogen) atoms. The van der Waals surface area contributed by atoms with Crippen LogP contribution in [0.1, 0.15) is 19.8 Å². The van der Waals surface area contributed by atoms with Gasteiger partial charge in [-0.05, 0) is 32.2 Å². The van der Waals surface area contributed by atoms with E-state index in [2.05, 4.69) is 22.5 Å². The predicted molar refractivity (Wildman–Crippen MR) is 85.0 cm³/mol. The Labute approximate surface area is 134 Å². The minimum atomic E-state index is 0. The molecular weight excluding hydrogens is 301 g/mol. The Bertz CT molecular complexity index is 272. The van der Waals surface area contributed by atoms with Crippen LogP contribution in [0.15, 0.2) is 0 Å². The van der Waals surface area contributed by atoms with Gasteiger partial charge in [0, 0.05) is 25.7 Å². The number of ether oxygens (including phenoxy) is 1. The quantitative estimate of drug-likeness (QED) is 0.721. The van der Waals surface area contributed by atoms with Gasteiger partial charge in [0.1, 0.15) is 0 Å². The average molecular weight is 328 g/mol. The van der Waals surface area contributed by atoms with Crippen molar-refractivity contribution in [2.45, 2.75) is 25.8 Å². The molecule has 0 bridgehead atoms. The Morgan fingerprint density at radius 3 is 2.55 bits per heavy atom. The van der Waals surface area contributed by atoms with Gasteiger partial charge in [-0.2, -0.15) is 0 Å². The minimum Gasteiger partial charge on any atom is -0.379 e. The van der Waals surface area contributed by atoms with E-state index in [9.17, 15) is 4.79 Å². The third-order valence-electron chi connectivity index (χ3n) is 3.68. The Morgan fingerprint density at radius 2 is 1.95 bits per heavy atom. The number of hydrogen-bond donors (Lipinski definition) is 2. The number of morpholine rings is 1. The molecular formula is C13H27Cl2N3O2. The molecule has 0 radical (unpaired) electrons. The van der Waals surface area contributed by atoms with Gasteiger partial charge in [0.05, 0.1) is 19.8 Å². The first-order chi connectivity index (χ1) is 8.75. The summed E-state index contributed by atoms with van der Waals surface area (Å²) in [6.07, 6.45) is 2.64. The van der Waals surface area contributed by atoms with Crippen LogP contribution in [-0.2, 0) is 9.53 Å². The van der Waals surface area contributed by atoms with Crippen LogP contribution in [0, 0.1) is 5.92 Å². The third kappa shape index (κ3) is 7.64. The fourth-order valence-corrected chi connectivity index (χ4v) is 2.18. The first-order valence-electron chi connectivity index (χ1n) is 7.05. The Morgan fingerprint density at radius 1 is 1.30 bits per heavy atom. The number of carbonyl (C=O) groups is 1. The molecule has 1 saturated carbocycles. The summed E-state index contributed by atoms with van der Waals surface area (Å²) >= 11 is 0. The van der Waals surface area contributed by atoms with E-state index in [0.29, 0.717) is 12.6 Å². The minimum absolute atomic E-state index is 0. The summed E-state index contributed by atoms with van der Waals surface area (Å²) in [5.74, 6) is 0.931. The zero-order valence-corrected chi connectivity index (χ0v) is 13.7. The maximum Gasteiger partial charge on any atom is 0.234 e. The molecule has 0 aromatic rings. The van der Waals surface area contributed by atoms with Crippen molar-refractivity contribution in [2.75, 3.05) is 45.9 Å². The number of carbonyl (C=O) groups excluding carboxylic acids is 1. The highest BCUT2D eigenvalue weighted by Crippen LogP contribution is 2.27. The fraction of sp³-hybridized carbons (Fsp3) is 0.923. The second kappa shape index (κ2) is 10.6. The summed E-state index contributed by atoms with van der Waals surface area (Å²) in [7, 11) is 0. The molecule has 0 aromatic heterocycles. The van der Waals surface area contributed by atoms with Gasteiger partial charge in [0.15, 0.2) is 0 Å². The highest BCUT2D eigenvalue weighted by atomic mass is 35.5. The van der Waals surface area contributed by atoms with Gasteiger partial charge in [-0.1, -0.05) is 0 Å². The monoisotopic (exact) mass is 327 g/mol. The standard InChI is InChI=1S/C13H25N3O2.2ClH/c1-11(16-4-6-18-7-5-16)8-15-13(17)10-14-9-12-2-3-12;;/h11-12,14H,2-10H2,1H3,(H,15,17);2*1H. The molecule has 1 unspecified atom stereocenters. The van der Waals surface area contributed by atoms with Crippen molar-refractivity contribution in [3.63, 3.8) is 0 Å². The van der Waals surface area contributed by atoms with Gasteiger partial charge in [-0.15, -0.1) is 24.8 Å². The van der Waals surface area contributed by atoms with Gasteiger partial charge in [-0.3, -0.25) is 9.69 Å². The van der Waals surface area contributed by atoms with Crippen LogP contribution in [-0.4, -0.2) is 62.8 Å².